The van der Waals surface area contributed by atoms with Gasteiger partial charge in [-0.15, -0.1) is 0 Å². The van der Waals surface area contributed by atoms with Crippen LogP contribution in [-0.4, -0.2) is 37.0 Å². The minimum absolute atomic E-state index is 0.235. The predicted molar refractivity (Wildman–Crippen MR) is 114 cm³/mol. The molecule has 0 bridgehead atoms. The van der Waals surface area contributed by atoms with E-state index < -0.39 is 0 Å². The number of fused-ring (bicyclic) bond motifs is 3. The summed E-state index contributed by atoms with van der Waals surface area (Å²) in [7, 11) is 0. The van der Waals surface area contributed by atoms with Gasteiger partial charge in [-0.05, 0) is 40.5 Å². The molecule has 1 fully saturated rings. The van der Waals surface area contributed by atoms with Crippen LogP contribution < -0.4 is 10.2 Å². The van der Waals surface area contributed by atoms with Crippen LogP contribution in [0.3, 0.4) is 0 Å². The molecule has 140 valence electrons. The van der Waals surface area contributed by atoms with E-state index in [2.05, 4.69) is 76.9 Å². The first-order chi connectivity index (χ1) is 13.8. The fourth-order valence-electron chi connectivity index (χ4n) is 4.38. The maximum atomic E-state index is 12.3. The molecule has 0 saturated carbocycles. The highest BCUT2D eigenvalue weighted by molar-refractivity contribution is 5.76. The number of nitrogens with one attached hydrogen (secondary N) is 1. The maximum absolute atomic E-state index is 12.3. The van der Waals surface area contributed by atoms with Gasteiger partial charge in [0.25, 0.3) is 0 Å². The highest BCUT2D eigenvalue weighted by atomic mass is 16.3. The van der Waals surface area contributed by atoms with Crippen LogP contribution in [0.5, 0.6) is 0 Å². The number of nitroso groups, excluding NO2 is 1. The first-order valence-electron chi connectivity index (χ1n) is 9.96. The van der Waals surface area contributed by atoms with Gasteiger partial charge in [-0.25, -0.2) is 0 Å². The summed E-state index contributed by atoms with van der Waals surface area (Å²) in [4.78, 5) is 14.7. The second kappa shape index (κ2) is 7.21. The van der Waals surface area contributed by atoms with Crippen molar-refractivity contribution < 1.29 is 4.76 Å². The van der Waals surface area contributed by atoms with Crippen LogP contribution in [0.1, 0.15) is 5.56 Å². The van der Waals surface area contributed by atoms with Crippen molar-refractivity contribution in [1.29, 1.82) is 0 Å². The fraction of sp³-hybridized carbons (Fsp3) is 0.250. The van der Waals surface area contributed by atoms with E-state index >= 15 is 0 Å². The van der Waals surface area contributed by atoms with Gasteiger partial charge >= 0.3 is 0 Å². The van der Waals surface area contributed by atoms with Gasteiger partial charge in [0.15, 0.2) is 0 Å². The zero-order valence-corrected chi connectivity index (χ0v) is 15.8. The predicted octanol–water partition coefficient (Wildman–Crippen LogP) is 4.09. The molecule has 3 aromatic rings. The molecule has 2 heterocycles. The number of rotatable bonds is 2. The summed E-state index contributed by atoms with van der Waals surface area (Å²) in [6.45, 7) is 3.79. The lowest BCUT2D eigenvalue weighted by Gasteiger charge is -2.35. The Balaban J connectivity index is 1.56. The molecule has 0 aliphatic carbocycles. The molecule has 4 heteroatoms. The van der Waals surface area contributed by atoms with E-state index in [-0.39, 0.29) is 6.04 Å². The second-order valence-corrected chi connectivity index (χ2v) is 7.66. The normalized spacial score (nSPS) is 18.9. The van der Waals surface area contributed by atoms with Crippen molar-refractivity contribution >= 4 is 5.69 Å². The van der Waals surface area contributed by atoms with Crippen molar-refractivity contribution in [1.82, 2.24) is 5.32 Å². The van der Waals surface area contributed by atoms with Gasteiger partial charge in [-0.1, -0.05) is 54.6 Å². The average Bonchev–Trinajstić information content (AvgIpc) is 2.89. The van der Waals surface area contributed by atoms with Crippen molar-refractivity contribution in [3.8, 4) is 22.3 Å². The van der Waals surface area contributed by atoms with Gasteiger partial charge in [0.1, 0.15) is 6.04 Å². The van der Waals surface area contributed by atoms with Crippen molar-refractivity contribution in [3.05, 3.63) is 83.3 Å². The molecule has 1 N–H and O–H groups in total. The summed E-state index contributed by atoms with van der Waals surface area (Å²) < 4.78 is 1.20. The van der Waals surface area contributed by atoms with Gasteiger partial charge < -0.3 is 10.2 Å². The van der Waals surface area contributed by atoms with Crippen molar-refractivity contribution in [2.75, 3.05) is 31.1 Å². The highest BCUT2D eigenvalue weighted by Gasteiger charge is 2.34. The van der Waals surface area contributed by atoms with Gasteiger partial charge in [0.05, 0.1) is 0 Å². The van der Waals surface area contributed by atoms with Crippen LogP contribution in [0, 0.1) is 4.91 Å². The van der Waals surface area contributed by atoms with Gasteiger partial charge in [-0.2, -0.15) is 0 Å². The van der Waals surface area contributed by atoms with E-state index in [9.17, 15) is 4.91 Å². The Labute approximate surface area is 165 Å². The van der Waals surface area contributed by atoms with E-state index in [0.717, 1.165) is 25.2 Å². The molecule has 0 radical (unpaired) electrons. The summed E-state index contributed by atoms with van der Waals surface area (Å²) in [6, 6.07) is 26.0. The van der Waals surface area contributed by atoms with E-state index in [0.29, 0.717) is 13.1 Å². The molecule has 4 nitrogen and oxygen atoms in total. The number of anilines is 1. The van der Waals surface area contributed by atoms with Gasteiger partial charge in [-0.3, -0.25) is 0 Å². The van der Waals surface area contributed by atoms with Crippen LogP contribution in [0.25, 0.3) is 22.3 Å². The molecule has 2 aliphatic heterocycles. The van der Waals surface area contributed by atoms with Crippen LogP contribution >= 0.6 is 0 Å². The molecule has 1 saturated heterocycles. The Hall–Kier alpha value is -2.98. The smallest absolute Gasteiger partial charge is 0.219 e. The third kappa shape index (κ3) is 3.20. The van der Waals surface area contributed by atoms with E-state index in [4.69, 9.17) is 0 Å². The van der Waals surface area contributed by atoms with Crippen LogP contribution in [0.15, 0.2) is 72.8 Å². The quantitative estimate of drug-likeness (QED) is 0.690. The van der Waals surface area contributed by atoms with Crippen LogP contribution in [0.2, 0.25) is 0 Å². The molecule has 2 aliphatic rings. The van der Waals surface area contributed by atoms with Crippen LogP contribution in [-0.2, 0) is 6.54 Å². The van der Waals surface area contributed by atoms with Crippen LogP contribution in [0.4, 0.5) is 5.69 Å². The Kier molecular flexibility index (Phi) is 4.41. The molecule has 1 unspecified atom stereocenters. The Morgan fingerprint density at radius 3 is 2.46 bits per heavy atom. The van der Waals surface area contributed by atoms with Crippen molar-refractivity contribution in [2.45, 2.75) is 12.6 Å². The van der Waals surface area contributed by atoms with E-state index in [1.54, 1.807) is 0 Å². The Morgan fingerprint density at radius 2 is 1.61 bits per heavy atom. The Bertz CT molecular complexity index is 1020. The molecular formula is C24H24N3O+. The van der Waals surface area contributed by atoms with E-state index in [1.165, 1.54) is 32.7 Å². The minimum Gasteiger partial charge on any atom is -0.359 e. The lowest BCUT2D eigenvalue weighted by Crippen LogP contribution is -2.53. The lowest BCUT2D eigenvalue weighted by atomic mass is 9.97. The second-order valence-electron chi connectivity index (χ2n) is 7.66. The first-order valence-corrected chi connectivity index (χ1v) is 9.96. The monoisotopic (exact) mass is 370 g/mol. The summed E-state index contributed by atoms with van der Waals surface area (Å²) in [5, 5.41) is 3.43. The van der Waals surface area contributed by atoms with Crippen molar-refractivity contribution in [2.24, 2.45) is 0 Å². The molecule has 5 rings (SSSR count). The number of hydrogen-bond donors (Lipinski definition) is 1. The summed E-state index contributed by atoms with van der Waals surface area (Å²) in [6.07, 6.45) is 0. The molecular weight excluding hydrogens is 346 g/mol. The average molecular weight is 370 g/mol. The molecule has 28 heavy (non-hydrogen) atoms. The zero-order valence-electron chi connectivity index (χ0n) is 15.8. The summed E-state index contributed by atoms with van der Waals surface area (Å²) >= 11 is 0. The third-order valence-electron chi connectivity index (χ3n) is 5.81. The molecule has 0 spiro atoms. The largest absolute Gasteiger partial charge is 0.359 e. The molecule has 1 atom stereocenters. The minimum atomic E-state index is 0.235. The number of hydrogen-bond acceptors (Lipinski definition) is 3. The topological polar surface area (TPSA) is 35.4 Å². The summed E-state index contributed by atoms with van der Waals surface area (Å²) in [5.74, 6) is 0. The van der Waals surface area contributed by atoms with Gasteiger partial charge in [0.2, 0.25) is 13.1 Å². The SMILES string of the molecule is O=[N+]1Cc2ccc(-c3cccc(-c4ccccc4)c3)cc2N2CCNCC2C1. The number of nitrogens with zero attached hydrogens (tertiary/aromatic N) is 2. The van der Waals surface area contributed by atoms with Crippen molar-refractivity contribution in [3.63, 3.8) is 0 Å². The van der Waals surface area contributed by atoms with E-state index in [1.807, 2.05) is 6.07 Å². The Morgan fingerprint density at radius 1 is 0.857 bits per heavy atom. The number of benzene rings is 3. The summed E-state index contributed by atoms with van der Waals surface area (Å²) in [5.41, 5.74) is 7.20. The standard InChI is InChI=1S/C24H24N3O/c28-26-16-22-10-9-21(14-24(22)27-12-11-25-15-23(27)17-26)20-8-4-7-19(13-20)18-5-2-1-3-6-18/h1-10,13-14,23,25H,11-12,15-17H2/q+1. The molecule has 0 aromatic heterocycles. The zero-order chi connectivity index (χ0) is 18.9. The first kappa shape index (κ1) is 17.1. The number of piperazine rings is 1. The maximum Gasteiger partial charge on any atom is 0.219 e. The molecule has 3 aromatic carbocycles. The fourth-order valence-corrected chi connectivity index (χ4v) is 4.38. The molecule has 0 amide bonds. The lowest BCUT2D eigenvalue weighted by molar-refractivity contribution is -0.565. The third-order valence-corrected chi connectivity index (χ3v) is 5.81. The highest BCUT2D eigenvalue weighted by Crippen LogP contribution is 2.33. The van der Waals surface area contributed by atoms with Gasteiger partial charge in [0, 0.05) is 40.6 Å².